The van der Waals surface area contributed by atoms with Gasteiger partial charge in [0.25, 0.3) is 5.91 Å². The first-order valence-electron chi connectivity index (χ1n) is 8.99. The second kappa shape index (κ2) is 9.69. The van der Waals surface area contributed by atoms with Gasteiger partial charge in [0.05, 0.1) is 15.8 Å². The number of amides is 1. The lowest BCUT2D eigenvalue weighted by Gasteiger charge is -2.23. The molecule has 0 fully saturated rings. The Morgan fingerprint density at radius 3 is 2.43 bits per heavy atom. The van der Waals surface area contributed by atoms with Gasteiger partial charge in [-0.2, -0.15) is 4.31 Å². The van der Waals surface area contributed by atoms with Crippen LogP contribution >= 0.6 is 22.9 Å². The van der Waals surface area contributed by atoms with Crippen molar-refractivity contribution in [2.24, 2.45) is 0 Å². The van der Waals surface area contributed by atoms with Crippen molar-refractivity contribution in [2.45, 2.75) is 32.2 Å². The highest BCUT2D eigenvalue weighted by Crippen LogP contribution is 2.25. The van der Waals surface area contributed by atoms with Crippen molar-refractivity contribution in [3.8, 4) is 0 Å². The third kappa shape index (κ3) is 5.03. The molecule has 0 atom stereocenters. The smallest absolute Gasteiger partial charge is 0.254 e. The van der Waals surface area contributed by atoms with Crippen LogP contribution in [0.25, 0.3) is 0 Å². The zero-order valence-corrected chi connectivity index (χ0v) is 18.7. The third-order valence-electron chi connectivity index (χ3n) is 4.39. The molecule has 1 amide bonds. The number of aryl methyl sites for hydroxylation is 1. The zero-order valence-electron chi connectivity index (χ0n) is 16.3. The second-order valence-electron chi connectivity index (χ2n) is 6.25. The maximum Gasteiger partial charge on any atom is 0.254 e. The molecule has 1 aromatic carbocycles. The van der Waals surface area contributed by atoms with E-state index >= 15 is 0 Å². The monoisotopic (exact) mass is 440 g/mol. The summed E-state index contributed by atoms with van der Waals surface area (Å²) in [5.41, 5.74) is 1.10. The average molecular weight is 441 g/mol. The van der Waals surface area contributed by atoms with E-state index < -0.39 is 10.0 Å². The Morgan fingerprint density at radius 2 is 1.89 bits per heavy atom. The van der Waals surface area contributed by atoms with Gasteiger partial charge in [-0.15, -0.1) is 17.9 Å². The van der Waals surface area contributed by atoms with Gasteiger partial charge in [0.15, 0.2) is 0 Å². The van der Waals surface area contributed by atoms with Crippen LogP contribution < -0.4 is 0 Å². The second-order valence-corrected chi connectivity index (χ2v) is 9.98. The topological polar surface area (TPSA) is 57.7 Å². The predicted octanol–water partition coefficient (Wildman–Crippen LogP) is 4.57. The standard InChI is InChI=1S/C20H25ClN2O3S2/c1-5-12-22(14-16-9-11-19(21)27-16)20(24)18-13-17(10-8-15(18)4)28(25,26)23(6-2)7-3/h5,8-11,13H,1,6-7,12,14H2,2-4H3. The van der Waals surface area contributed by atoms with E-state index in [9.17, 15) is 13.2 Å². The maximum atomic E-state index is 13.2. The Bertz CT molecular complexity index is 950. The molecule has 0 N–H and O–H groups in total. The minimum absolute atomic E-state index is 0.128. The molecule has 2 aromatic rings. The van der Waals surface area contributed by atoms with E-state index in [0.717, 1.165) is 10.4 Å². The molecule has 0 aliphatic rings. The summed E-state index contributed by atoms with van der Waals surface area (Å²) in [5.74, 6) is -0.237. The average Bonchev–Trinajstić information content (AvgIpc) is 3.06. The Balaban J connectivity index is 2.41. The Morgan fingerprint density at radius 1 is 1.21 bits per heavy atom. The molecule has 1 heterocycles. The first-order chi connectivity index (χ1) is 13.2. The minimum Gasteiger partial charge on any atom is -0.330 e. The highest BCUT2D eigenvalue weighted by atomic mass is 35.5. The van der Waals surface area contributed by atoms with Crippen LogP contribution in [0.4, 0.5) is 0 Å². The van der Waals surface area contributed by atoms with Gasteiger partial charge < -0.3 is 4.90 Å². The van der Waals surface area contributed by atoms with Crippen molar-refractivity contribution < 1.29 is 13.2 Å². The number of carbonyl (C=O) groups is 1. The zero-order chi connectivity index (χ0) is 20.9. The Labute approximate surface area is 176 Å². The number of thiophene rings is 1. The van der Waals surface area contributed by atoms with Crippen molar-refractivity contribution in [3.63, 3.8) is 0 Å². The van der Waals surface area contributed by atoms with E-state index in [-0.39, 0.29) is 10.8 Å². The molecule has 5 nitrogen and oxygen atoms in total. The van der Waals surface area contributed by atoms with Gasteiger partial charge in [0, 0.05) is 30.1 Å². The van der Waals surface area contributed by atoms with Gasteiger partial charge in [-0.25, -0.2) is 8.42 Å². The number of hydrogen-bond acceptors (Lipinski definition) is 4. The fourth-order valence-electron chi connectivity index (χ4n) is 2.87. The molecule has 8 heteroatoms. The summed E-state index contributed by atoms with van der Waals surface area (Å²) in [5, 5.41) is 0. The molecule has 2 rings (SSSR count). The van der Waals surface area contributed by atoms with Gasteiger partial charge >= 0.3 is 0 Å². The molecule has 0 saturated carbocycles. The lowest BCUT2D eigenvalue weighted by atomic mass is 10.1. The Kier molecular flexibility index (Phi) is 7.83. The number of carbonyl (C=O) groups excluding carboxylic acids is 1. The third-order valence-corrected chi connectivity index (χ3v) is 7.66. The molecule has 0 radical (unpaired) electrons. The maximum absolute atomic E-state index is 13.2. The molecule has 0 saturated heterocycles. The SMILES string of the molecule is C=CCN(Cc1ccc(Cl)s1)C(=O)c1cc(S(=O)(=O)N(CC)CC)ccc1C. The van der Waals surface area contributed by atoms with Gasteiger partial charge in [0.1, 0.15) is 0 Å². The van der Waals surface area contributed by atoms with Crippen molar-refractivity contribution in [2.75, 3.05) is 19.6 Å². The van der Waals surface area contributed by atoms with Crippen LogP contribution in [-0.4, -0.2) is 43.2 Å². The summed E-state index contributed by atoms with van der Waals surface area (Å²) in [4.78, 5) is 15.9. The number of hydrogen-bond donors (Lipinski definition) is 0. The van der Waals surface area contributed by atoms with Gasteiger partial charge in [-0.05, 0) is 36.8 Å². The predicted molar refractivity (Wildman–Crippen MR) is 116 cm³/mol. The molecule has 0 aliphatic heterocycles. The molecular formula is C20H25ClN2O3S2. The van der Waals surface area contributed by atoms with Crippen molar-refractivity contribution in [3.05, 3.63) is 63.3 Å². The van der Waals surface area contributed by atoms with Crippen LogP contribution in [0.2, 0.25) is 4.34 Å². The van der Waals surface area contributed by atoms with Gasteiger partial charge in [0.2, 0.25) is 10.0 Å². The van der Waals surface area contributed by atoms with Gasteiger partial charge in [-0.3, -0.25) is 4.79 Å². The summed E-state index contributed by atoms with van der Waals surface area (Å²) in [6, 6.07) is 8.38. The summed E-state index contributed by atoms with van der Waals surface area (Å²) >= 11 is 7.41. The van der Waals surface area contributed by atoms with E-state index in [0.29, 0.717) is 36.1 Å². The van der Waals surface area contributed by atoms with E-state index in [4.69, 9.17) is 11.6 Å². The first kappa shape index (κ1) is 22.6. The molecule has 28 heavy (non-hydrogen) atoms. The molecule has 0 unspecified atom stereocenters. The van der Waals surface area contributed by atoms with Crippen molar-refractivity contribution in [1.29, 1.82) is 0 Å². The van der Waals surface area contributed by atoms with Crippen LogP contribution in [-0.2, 0) is 16.6 Å². The summed E-state index contributed by atoms with van der Waals surface area (Å²) in [7, 11) is -3.64. The van der Waals surface area contributed by atoms with Crippen LogP contribution in [0.1, 0.15) is 34.6 Å². The van der Waals surface area contributed by atoms with Crippen LogP contribution in [0.15, 0.2) is 47.9 Å². The summed E-state index contributed by atoms with van der Waals surface area (Å²) < 4.78 is 27.7. The highest BCUT2D eigenvalue weighted by molar-refractivity contribution is 7.89. The van der Waals surface area contributed by atoms with Crippen LogP contribution in [0.5, 0.6) is 0 Å². The van der Waals surface area contributed by atoms with E-state index in [1.54, 1.807) is 49.9 Å². The molecular weight excluding hydrogens is 416 g/mol. The molecule has 0 spiro atoms. The molecule has 152 valence electrons. The van der Waals surface area contributed by atoms with Crippen LogP contribution in [0, 0.1) is 6.92 Å². The van der Waals surface area contributed by atoms with E-state index in [1.807, 2.05) is 6.07 Å². The number of rotatable bonds is 9. The normalized spacial score (nSPS) is 11.6. The minimum atomic E-state index is -3.64. The number of halogens is 1. The number of sulfonamides is 1. The first-order valence-corrected chi connectivity index (χ1v) is 11.6. The lowest BCUT2D eigenvalue weighted by molar-refractivity contribution is 0.0763. The Hall–Kier alpha value is -1.67. The number of nitrogens with zero attached hydrogens (tertiary/aromatic N) is 2. The van der Waals surface area contributed by atoms with Crippen molar-refractivity contribution in [1.82, 2.24) is 9.21 Å². The summed E-state index contributed by atoms with van der Waals surface area (Å²) in [6.07, 6.45) is 1.65. The van der Waals surface area contributed by atoms with Crippen molar-refractivity contribution >= 4 is 38.9 Å². The van der Waals surface area contributed by atoms with Crippen LogP contribution in [0.3, 0.4) is 0 Å². The van der Waals surface area contributed by atoms with Gasteiger partial charge in [-0.1, -0.05) is 37.6 Å². The largest absolute Gasteiger partial charge is 0.330 e. The fourth-order valence-corrected chi connectivity index (χ4v) is 5.46. The molecule has 0 bridgehead atoms. The van der Waals surface area contributed by atoms with E-state index in [2.05, 4.69) is 6.58 Å². The molecule has 1 aromatic heterocycles. The molecule has 0 aliphatic carbocycles. The summed E-state index contributed by atoms with van der Waals surface area (Å²) in [6.45, 7) is 10.6. The fraction of sp³-hybridized carbons (Fsp3) is 0.350. The lowest BCUT2D eigenvalue weighted by Crippen LogP contribution is -2.32. The highest BCUT2D eigenvalue weighted by Gasteiger charge is 2.25. The quantitative estimate of drug-likeness (QED) is 0.536. The van der Waals surface area contributed by atoms with E-state index in [1.165, 1.54) is 21.7 Å². The number of benzene rings is 1.